The number of imide groups is 1. The van der Waals surface area contributed by atoms with Crippen LogP contribution in [0.4, 0.5) is 16.3 Å². The van der Waals surface area contributed by atoms with E-state index in [1.807, 2.05) is 13.0 Å². The normalized spacial score (nSPS) is 16.8. The minimum absolute atomic E-state index is 0.0201. The van der Waals surface area contributed by atoms with Crippen LogP contribution in [0.25, 0.3) is 0 Å². The summed E-state index contributed by atoms with van der Waals surface area (Å²) in [6.45, 7) is 1.91. The topological polar surface area (TPSA) is 91.4 Å². The monoisotopic (exact) mass is 378 g/mol. The first kappa shape index (κ1) is 18.2. The molecule has 0 saturated heterocycles. The van der Waals surface area contributed by atoms with Gasteiger partial charge >= 0.3 is 6.03 Å². The van der Waals surface area contributed by atoms with Crippen molar-refractivity contribution >= 4 is 29.4 Å². The highest BCUT2D eigenvalue weighted by molar-refractivity contribution is 6.22. The molecule has 1 fully saturated rings. The molecule has 28 heavy (non-hydrogen) atoms. The van der Waals surface area contributed by atoms with Gasteiger partial charge in [0.2, 0.25) is 0 Å². The Morgan fingerprint density at radius 3 is 2.50 bits per heavy atom. The van der Waals surface area contributed by atoms with E-state index in [1.54, 1.807) is 30.5 Å². The van der Waals surface area contributed by atoms with Gasteiger partial charge in [0.15, 0.2) is 0 Å². The number of anilines is 2. The van der Waals surface area contributed by atoms with E-state index in [9.17, 15) is 14.4 Å². The molecule has 1 aromatic carbocycles. The van der Waals surface area contributed by atoms with E-state index in [0.29, 0.717) is 22.6 Å². The molecule has 4 rings (SSSR count). The number of pyridine rings is 1. The Kier molecular flexibility index (Phi) is 4.81. The number of aryl methyl sites for hydroxylation is 1. The van der Waals surface area contributed by atoms with Crippen molar-refractivity contribution in [2.45, 2.75) is 45.1 Å². The maximum atomic E-state index is 12.8. The second kappa shape index (κ2) is 7.42. The maximum Gasteiger partial charge on any atom is 0.324 e. The van der Waals surface area contributed by atoms with Gasteiger partial charge < -0.3 is 5.32 Å². The summed E-state index contributed by atoms with van der Waals surface area (Å²) < 4.78 is 0. The first-order chi connectivity index (χ1) is 13.5. The molecule has 1 saturated carbocycles. The van der Waals surface area contributed by atoms with Crippen LogP contribution in [0.5, 0.6) is 0 Å². The summed E-state index contributed by atoms with van der Waals surface area (Å²) >= 11 is 0. The number of hydrogen-bond acceptors (Lipinski definition) is 4. The number of nitrogens with one attached hydrogen (secondary N) is 2. The predicted molar refractivity (Wildman–Crippen MR) is 105 cm³/mol. The number of urea groups is 1. The van der Waals surface area contributed by atoms with E-state index in [-0.39, 0.29) is 17.9 Å². The Morgan fingerprint density at radius 2 is 1.75 bits per heavy atom. The first-order valence-electron chi connectivity index (χ1n) is 9.55. The Hall–Kier alpha value is -3.22. The lowest BCUT2D eigenvalue weighted by molar-refractivity contribution is 0.0549. The fourth-order valence-electron chi connectivity index (χ4n) is 3.89. The van der Waals surface area contributed by atoms with Crippen molar-refractivity contribution in [2.24, 2.45) is 0 Å². The zero-order valence-electron chi connectivity index (χ0n) is 15.7. The molecule has 2 N–H and O–H groups in total. The number of aromatic nitrogens is 1. The maximum absolute atomic E-state index is 12.8. The Bertz CT molecular complexity index is 950. The third-order valence-corrected chi connectivity index (χ3v) is 5.27. The van der Waals surface area contributed by atoms with Crippen molar-refractivity contribution < 1.29 is 14.4 Å². The van der Waals surface area contributed by atoms with Crippen molar-refractivity contribution in [3.05, 3.63) is 53.2 Å². The van der Waals surface area contributed by atoms with Gasteiger partial charge in [-0.3, -0.25) is 19.8 Å². The average molecular weight is 378 g/mol. The Morgan fingerprint density at radius 1 is 1.00 bits per heavy atom. The molecule has 144 valence electrons. The van der Waals surface area contributed by atoms with Crippen molar-refractivity contribution in [2.75, 3.05) is 10.6 Å². The van der Waals surface area contributed by atoms with Gasteiger partial charge in [-0.25, -0.2) is 9.78 Å². The van der Waals surface area contributed by atoms with Gasteiger partial charge in [-0.05, 0) is 55.7 Å². The van der Waals surface area contributed by atoms with Gasteiger partial charge in [0, 0.05) is 17.9 Å². The summed E-state index contributed by atoms with van der Waals surface area (Å²) in [6, 6.07) is 7.93. The molecule has 7 heteroatoms. The van der Waals surface area contributed by atoms with Crippen LogP contribution in [0, 0.1) is 6.92 Å². The first-order valence-corrected chi connectivity index (χ1v) is 9.55. The SMILES string of the molecule is Cc1ccnc(NC(=O)Nc2ccc3c(c2)C(=O)N(C2CCCCC2)C3=O)c1. The van der Waals surface area contributed by atoms with Gasteiger partial charge in [-0.2, -0.15) is 0 Å². The second-order valence-corrected chi connectivity index (χ2v) is 7.33. The molecule has 0 unspecified atom stereocenters. The van der Waals surface area contributed by atoms with E-state index in [1.165, 1.54) is 4.90 Å². The van der Waals surface area contributed by atoms with Crippen LogP contribution in [-0.4, -0.2) is 33.8 Å². The van der Waals surface area contributed by atoms with Crippen LogP contribution >= 0.6 is 0 Å². The molecular weight excluding hydrogens is 356 g/mol. The predicted octanol–water partition coefficient (Wildman–Crippen LogP) is 3.96. The zero-order chi connectivity index (χ0) is 19.7. The minimum atomic E-state index is -0.459. The van der Waals surface area contributed by atoms with E-state index in [0.717, 1.165) is 37.7 Å². The van der Waals surface area contributed by atoms with Gasteiger partial charge in [0.25, 0.3) is 11.8 Å². The molecule has 7 nitrogen and oxygen atoms in total. The quantitative estimate of drug-likeness (QED) is 0.791. The minimum Gasteiger partial charge on any atom is -0.308 e. The summed E-state index contributed by atoms with van der Waals surface area (Å²) in [4.78, 5) is 43.3. The highest BCUT2D eigenvalue weighted by atomic mass is 16.2. The lowest BCUT2D eigenvalue weighted by atomic mass is 9.94. The molecule has 1 aliphatic carbocycles. The Balaban J connectivity index is 1.49. The highest BCUT2D eigenvalue weighted by Gasteiger charge is 2.40. The fraction of sp³-hybridized carbons (Fsp3) is 0.333. The van der Waals surface area contributed by atoms with E-state index in [4.69, 9.17) is 0 Å². The molecule has 0 bridgehead atoms. The van der Waals surface area contributed by atoms with Gasteiger partial charge in [0.1, 0.15) is 5.82 Å². The van der Waals surface area contributed by atoms with Crippen molar-refractivity contribution in [3.8, 4) is 0 Å². The summed E-state index contributed by atoms with van der Waals surface area (Å²) in [6.07, 6.45) is 6.57. The highest BCUT2D eigenvalue weighted by Crippen LogP contribution is 2.32. The van der Waals surface area contributed by atoms with E-state index >= 15 is 0 Å². The van der Waals surface area contributed by atoms with Crippen molar-refractivity contribution in [3.63, 3.8) is 0 Å². The van der Waals surface area contributed by atoms with Crippen LogP contribution in [-0.2, 0) is 0 Å². The van der Waals surface area contributed by atoms with Crippen molar-refractivity contribution in [1.82, 2.24) is 9.88 Å². The molecule has 2 aromatic rings. The molecule has 1 aliphatic heterocycles. The summed E-state index contributed by atoms with van der Waals surface area (Å²) in [5.41, 5.74) is 2.19. The standard InChI is InChI=1S/C21H22N4O3/c1-13-9-10-22-18(11-13)24-21(28)23-14-7-8-16-17(12-14)20(27)25(19(16)26)15-5-3-2-4-6-15/h7-12,15H,2-6H2,1H3,(H2,22,23,24,28). The van der Waals surface area contributed by atoms with Crippen LogP contribution < -0.4 is 10.6 Å². The number of amides is 4. The van der Waals surface area contributed by atoms with E-state index < -0.39 is 6.03 Å². The largest absolute Gasteiger partial charge is 0.324 e. The van der Waals surface area contributed by atoms with E-state index in [2.05, 4.69) is 15.6 Å². The molecule has 0 atom stereocenters. The smallest absolute Gasteiger partial charge is 0.308 e. The summed E-state index contributed by atoms with van der Waals surface area (Å²) in [7, 11) is 0. The Labute approximate surface area is 163 Å². The summed E-state index contributed by atoms with van der Waals surface area (Å²) in [5.74, 6) is -0.0587. The number of carbonyl (C=O) groups is 3. The van der Waals surface area contributed by atoms with Crippen LogP contribution in [0.1, 0.15) is 58.4 Å². The van der Waals surface area contributed by atoms with Gasteiger partial charge in [-0.1, -0.05) is 19.3 Å². The number of carbonyl (C=O) groups excluding carboxylic acids is 3. The average Bonchev–Trinajstić information content (AvgIpc) is 2.92. The van der Waals surface area contributed by atoms with Gasteiger partial charge in [-0.15, -0.1) is 0 Å². The molecule has 0 radical (unpaired) electrons. The molecule has 2 heterocycles. The number of nitrogens with zero attached hydrogens (tertiary/aromatic N) is 2. The van der Waals surface area contributed by atoms with Gasteiger partial charge in [0.05, 0.1) is 11.1 Å². The van der Waals surface area contributed by atoms with Crippen LogP contribution in [0.3, 0.4) is 0 Å². The molecular formula is C21H22N4O3. The molecule has 4 amide bonds. The number of rotatable bonds is 3. The molecule has 2 aliphatic rings. The second-order valence-electron chi connectivity index (χ2n) is 7.33. The fourth-order valence-corrected chi connectivity index (χ4v) is 3.89. The lowest BCUT2D eigenvalue weighted by Gasteiger charge is -2.29. The third kappa shape index (κ3) is 3.47. The van der Waals surface area contributed by atoms with Crippen LogP contribution in [0.15, 0.2) is 36.5 Å². The number of fused-ring (bicyclic) bond motifs is 1. The number of hydrogen-bond donors (Lipinski definition) is 2. The molecule has 0 spiro atoms. The van der Waals surface area contributed by atoms with Crippen LogP contribution in [0.2, 0.25) is 0 Å². The van der Waals surface area contributed by atoms with Crippen molar-refractivity contribution in [1.29, 1.82) is 0 Å². The number of benzene rings is 1. The summed E-state index contributed by atoms with van der Waals surface area (Å²) in [5, 5.41) is 5.35. The zero-order valence-corrected chi connectivity index (χ0v) is 15.7. The lowest BCUT2D eigenvalue weighted by Crippen LogP contribution is -2.40. The third-order valence-electron chi connectivity index (χ3n) is 5.27. The molecule has 1 aromatic heterocycles.